The summed E-state index contributed by atoms with van der Waals surface area (Å²) in [5.74, 6) is 0.191. The summed E-state index contributed by atoms with van der Waals surface area (Å²) in [6, 6.07) is 18.8. The Morgan fingerprint density at radius 2 is 1.70 bits per heavy atom. The molecule has 7 heteroatoms. The zero-order chi connectivity index (χ0) is 24.0. The largest absolute Gasteiger partial charge is 0.496 e. The number of amides is 1. The first-order valence-corrected chi connectivity index (χ1v) is 12.3. The second-order valence-electron chi connectivity index (χ2n) is 7.95. The van der Waals surface area contributed by atoms with Crippen molar-refractivity contribution in [2.45, 2.75) is 44.6 Å². The molecular weight excluding hydrogens is 436 g/mol. The molecule has 0 bridgehead atoms. The molecule has 0 saturated heterocycles. The van der Waals surface area contributed by atoms with Gasteiger partial charge in [-0.2, -0.15) is 4.72 Å². The number of carbonyl (C=O) groups excluding carboxylic acids is 1. The number of rotatable bonds is 9. The predicted octanol–water partition coefficient (Wildman–Crippen LogP) is 4.40. The lowest BCUT2D eigenvalue weighted by Crippen LogP contribution is -2.45. The van der Waals surface area contributed by atoms with E-state index < -0.39 is 22.0 Å². The summed E-state index contributed by atoms with van der Waals surface area (Å²) in [6.07, 6.45) is 0.964. The lowest BCUT2D eigenvalue weighted by molar-refractivity contribution is -0.117. The molecule has 0 aromatic heterocycles. The minimum atomic E-state index is -3.96. The standard InChI is InChI=1S/C26H30N2O4S/c1-5-21-13-9-10-18(2)25(21)27-26(29)23(17-20-11-7-6-8-12-20)28-33(30,31)22-14-15-24(32-4)19(3)16-22/h6-16,23,28H,5,17H2,1-4H3,(H,27,29)/t23-/m0/s1. The minimum Gasteiger partial charge on any atom is -0.496 e. The van der Waals surface area contributed by atoms with E-state index in [1.807, 2.05) is 62.4 Å². The Morgan fingerprint density at radius 3 is 2.33 bits per heavy atom. The lowest BCUT2D eigenvalue weighted by atomic mass is 10.0. The van der Waals surface area contributed by atoms with E-state index in [2.05, 4.69) is 10.0 Å². The van der Waals surface area contributed by atoms with Gasteiger partial charge >= 0.3 is 0 Å². The molecule has 0 heterocycles. The van der Waals surface area contributed by atoms with Gasteiger partial charge in [0.2, 0.25) is 15.9 Å². The van der Waals surface area contributed by atoms with Crippen LogP contribution in [0.15, 0.2) is 71.6 Å². The smallest absolute Gasteiger partial charge is 0.242 e. The third-order valence-electron chi connectivity index (χ3n) is 5.56. The maximum atomic E-state index is 13.4. The topological polar surface area (TPSA) is 84.5 Å². The van der Waals surface area contributed by atoms with E-state index in [9.17, 15) is 13.2 Å². The molecule has 3 rings (SSSR count). The van der Waals surface area contributed by atoms with Gasteiger partial charge in [-0.1, -0.05) is 55.5 Å². The zero-order valence-corrected chi connectivity index (χ0v) is 20.2. The van der Waals surface area contributed by atoms with Crippen LogP contribution in [0.2, 0.25) is 0 Å². The number of sulfonamides is 1. The van der Waals surface area contributed by atoms with E-state index >= 15 is 0 Å². The number of benzene rings is 3. The van der Waals surface area contributed by atoms with Crippen molar-refractivity contribution in [2.75, 3.05) is 12.4 Å². The van der Waals surface area contributed by atoms with E-state index in [0.29, 0.717) is 11.3 Å². The monoisotopic (exact) mass is 466 g/mol. The van der Waals surface area contributed by atoms with Gasteiger partial charge in [-0.15, -0.1) is 0 Å². The molecule has 0 aliphatic heterocycles. The van der Waals surface area contributed by atoms with Crippen LogP contribution >= 0.6 is 0 Å². The molecule has 0 radical (unpaired) electrons. The Kier molecular flexibility index (Phi) is 7.89. The van der Waals surface area contributed by atoms with Crippen molar-refractivity contribution in [1.29, 1.82) is 0 Å². The second-order valence-corrected chi connectivity index (χ2v) is 9.66. The van der Waals surface area contributed by atoms with Crippen LogP contribution in [0.5, 0.6) is 5.75 Å². The first-order chi connectivity index (χ1) is 15.7. The van der Waals surface area contributed by atoms with Crippen LogP contribution in [0, 0.1) is 13.8 Å². The van der Waals surface area contributed by atoms with Gasteiger partial charge in [0, 0.05) is 5.69 Å². The van der Waals surface area contributed by atoms with Gasteiger partial charge in [0.05, 0.1) is 12.0 Å². The SMILES string of the molecule is CCc1cccc(C)c1NC(=O)[C@H](Cc1ccccc1)NS(=O)(=O)c1ccc(OC)c(C)c1. The molecule has 3 aromatic rings. The van der Waals surface area contributed by atoms with E-state index in [1.54, 1.807) is 13.0 Å². The molecule has 1 amide bonds. The van der Waals surface area contributed by atoms with Crippen molar-refractivity contribution in [3.05, 3.63) is 89.0 Å². The number of aryl methyl sites for hydroxylation is 3. The normalized spacial score (nSPS) is 12.2. The number of hydrogen-bond donors (Lipinski definition) is 2. The first kappa shape index (κ1) is 24.5. The van der Waals surface area contributed by atoms with Crippen LogP contribution in [0.4, 0.5) is 5.69 Å². The minimum absolute atomic E-state index is 0.0804. The highest BCUT2D eigenvalue weighted by Crippen LogP contribution is 2.23. The quantitative estimate of drug-likeness (QED) is 0.489. The molecule has 0 spiro atoms. The van der Waals surface area contributed by atoms with E-state index in [0.717, 1.165) is 28.8 Å². The second kappa shape index (κ2) is 10.6. The lowest BCUT2D eigenvalue weighted by Gasteiger charge is -2.21. The van der Waals surface area contributed by atoms with Gasteiger partial charge < -0.3 is 10.1 Å². The maximum Gasteiger partial charge on any atom is 0.242 e. The van der Waals surface area contributed by atoms with Crippen molar-refractivity contribution >= 4 is 21.6 Å². The van der Waals surface area contributed by atoms with Gasteiger partial charge in [-0.3, -0.25) is 4.79 Å². The van der Waals surface area contributed by atoms with Crippen molar-refractivity contribution in [2.24, 2.45) is 0 Å². The van der Waals surface area contributed by atoms with Crippen LogP contribution in [0.3, 0.4) is 0 Å². The fourth-order valence-corrected chi connectivity index (χ4v) is 5.00. The third-order valence-corrected chi connectivity index (χ3v) is 7.03. The van der Waals surface area contributed by atoms with Crippen LogP contribution in [-0.2, 0) is 27.7 Å². The Hall–Kier alpha value is -3.16. The third kappa shape index (κ3) is 6.00. The Balaban J connectivity index is 1.93. The molecule has 0 aliphatic rings. The molecule has 6 nitrogen and oxygen atoms in total. The van der Waals surface area contributed by atoms with Crippen molar-refractivity contribution in [3.63, 3.8) is 0 Å². The van der Waals surface area contributed by atoms with Crippen LogP contribution in [0.1, 0.15) is 29.2 Å². The molecule has 3 aromatic carbocycles. The van der Waals surface area contributed by atoms with Crippen LogP contribution in [-0.4, -0.2) is 27.5 Å². The van der Waals surface area contributed by atoms with Gasteiger partial charge in [-0.25, -0.2) is 8.42 Å². The van der Waals surface area contributed by atoms with Gasteiger partial charge in [0.1, 0.15) is 11.8 Å². The fraction of sp³-hybridized carbons (Fsp3) is 0.269. The molecule has 1 atom stereocenters. The zero-order valence-electron chi connectivity index (χ0n) is 19.4. The van der Waals surface area contributed by atoms with Crippen molar-refractivity contribution in [3.8, 4) is 5.75 Å². The number of hydrogen-bond acceptors (Lipinski definition) is 4. The molecular formula is C26H30N2O4S. The maximum absolute atomic E-state index is 13.4. The highest BCUT2D eigenvalue weighted by atomic mass is 32.2. The van der Waals surface area contributed by atoms with Crippen molar-refractivity contribution < 1.29 is 17.9 Å². The summed E-state index contributed by atoms with van der Waals surface area (Å²) in [5.41, 5.74) is 4.19. The van der Waals surface area contributed by atoms with E-state index in [1.165, 1.54) is 19.2 Å². The van der Waals surface area contributed by atoms with E-state index in [4.69, 9.17) is 4.74 Å². The molecule has 0 aliphatic carbocycles. The summed E-state index contributed by atoms with van der Waals surface area (Å²) in [7, 11) is -2.42. The summed E-state index contributed by atoms with van der Waals surface area (Å²) in [5, 5.41) is 2.97. The predicted molar refractivity (Wildman–Crippen MR) is 131 cm³/mol. The highest BCUT2D eigenvalue weighted by Gasteiger charge is 2.27. The summed E-state index contributed by atoms with van der Waals surface area (Å²) >= 11 is 0. The van der Waals surface area contributed by atoms with Gasteiger partial charge in [0.15, 0.2) is 0 Å². The number of anilines is 1. The molecule has 2 N–H and O–H groups in total. The molecule has 174 valence electrons. The summed E-state index contributed by atoms with van der Waals surface area (Å²) < 4.78 is 34.2. The Morgan fingerprint density at radius 1 is 0.970 bits per heavy atom. The number of carbonyl (C=O) groups is 1. The highest BCUT2D eigenvalue weighted by molar-refractivity contribution is 7.89. The number of para-hydroxylation sites is 1. The number of methoxy groups -OCH3 is 1. The van der Waals surface area contributed by atoms with Crippen LogP contribution in [0.25, 0.3) is 0 Å². The van der Waals surface area contributed by atoms with E-state index in [-0.39, 0.29) is 11.3 Å². The van der Waals surface area contributed by atoms with Crippen LogP contribution < -0.4 is 14.8 Å². The molecule has 0 unspecified atom stereocenters. The fourth-order valence-electron chi connectivity index (χ4n) is 3.72. The first-order valence-electron chi connectivity index (χ1n) is 10.9. The van der Waals surface area contributed by atoms with Crippen molar-refractivity contribution in [1.82, 2.24) is 4.72 Å². The summed E-state index contributed by atoms with van der Waals surface area (Å²) in [6.45, 7) is 5.71. The average Bonchev–Trinajstić information content (AvgIpc) is 2.80. The number of nitrogens with one attached hydrogen (secondary N) is 2. The molecule has 33 heavy (non-hydrogen) atoms. The summed E-state index contributed by atoms with van der Waals surface area (Å²) in [4.78, 5) is 13.4. The molecule has 0 saturated carbocycles. The Bertz CT molecular complexity index is 1220. The average molecular weight is 467 g/mol. The Labute approximate surface area is 196 Å². The molecule has 0 fully saturated rings. The van der Waals surface area contributed by atoms with Gasteiger partial charge in [0.25, 0.3) is 0 Å². The van der Waals surface area contributed by atoms with Gasteiger partial charge in [-0.05, 0) is 67.1 Å². The number of ether oxygens (including phenoxy) is 1.